The third-order valence-electron chi connectivity index (χ3n) is 5.04. The van der Waals surface area contributed by atoms with Crippen molar-refractivity contribution in [2.45, 2.75) is 66.2 Å². The highest BCUT2D eigenvalue weighted by atomic mass is 16.6. The number of benzene rings is 2. The zero-order valence-electron chi connectivity index (χ0n) is 20.6. The molecule has 3 amide bonds. The molecule has 0 aromatic heterocycles. The summed E-state index contributed by atoms with van der Waals surface area (Å²) in [6, 6.07) is 13.8. The molecule has 2 aromatic rings. The molecule has 7 heteroatoms. The highest BCUT2D eigenvalue weighted by Gasteiger charge is 2.34. The highest BCUT2D eigenvalue weighted by molar-refractivity contribution is 5.99. The maximum absolute atomic E-state index is 13.6. The van der Waals surface area contributed by atoms with Crippen LogP contribution in [0.5, 0.6) is 0 Å². The van der Waals surface area contributed by atoms with Gasteiger partial charge in [-0.05, 0) is 71.2 Å². The zero-order chi connectivity index (χ0) is 24.8. The van der Waals surface area contributed by atoms with E-state index in [-0.39, 0.29) is 24.4 Å². The molecule has 1 atom stereocenters. The van der Waals surface area contributed by atoms with Crippen LogP contribution in [0.4, 0.5) is 10.5 Å². The third-order valence-corrected chi connectivity index (χ3v) is 5.04. The molecular weight excluding hydrogens is 418 g/mol. The Kier molecular flexibility index (Phi) is 8.63. The van der Waals surface area contributed by atoms with Gasteiger partial charge in [0.2, 0.25) is 5.91 Å². The van der Waals surface area contributed by atoms with E-state index in [9.17, 15) is 14.4 Å². The molecule has 2 N–H and O–H groups in total. The number of amides is 3. The van der Waals surface area contributed by atoms with E-state index in [0.717, 1.165) is 16.7 Å². The fourth-order valence-corrected chi connectivity index (χ4v) is 3.51. The predicted molar refractivity (Wildman–Crippen MR) is 130 cm³/mol. The smallest absolute Gasteiger partial charge is 0.408 e. The summed E-state index contributed by atoms with van der Waals surface area (Å²) >= 11 is 0. The molecule has 0 fully saturated rings. The summed E-state index contributed by atoms with van der Waals surface area (Å²) in [5, 5.41) is 5.49. The Labute approximate surface area is 196 Å². The largest absolute Gasteiger partial charge is 0.444 e. The Morgan fingerprint density at radius 1 is 0.939 bits per heavy atom. The van der Waals surface area contributed by atoms with Gasteiger partial charge in [-0.25, -0.2) is 4.79 Å². The van der Waals surface area contributed by atoms with Crippen molar-refractivity contribution >= 4 is 23.6 Å². The molecule has 0 saturated heterocycles. The normalized spacial score (nSPS) is 12.1. The predicted octanol–water partition coefficient (Wildman–Crippen LogP) is 4.74. The Bertz CT molecular complexity index is 995. The Morgan fingerprint density at radius 2 is 1.52 bits per heavy atom. The van der Waals surface area contributed by atoms with Crippen molar-refractivity contribution in [3.05, 3.63) is 65.2 Å². The maximum Gasteiger partial charge on any atom is 0.408 e. The first kappa shape index (κ1) is 25.9. The highest BCUT2D eigenvalue weighted by Crippen LogP contribution is 2.28. The Morgan fingerprint density at radius 3 is 2.06 bits per heavy atom. The van der Waals surface area contributed by atoms with Crippen LogP contribution in [0.2, 0.25) is 0 Å². The molecule has 0 spiro atoms. The van der Waals surface area contributed by atoms with Crippen molar-refractivity contribution in [1.82, 2.24) is 10.2 Å². The van der Waals surface area contributed by atoms with Crippen molar-refractivity contribution in [1.29, 1.82) is 0 Å². The van der Waals surface area contributed by atoms with Crippen LogP contribution in [0.3, 0.4) is 0 Å². The first-order valence-corrected chi connectivity index (χ1v) is 11.1. The fraction of sp³-hybridized carbons (Fsp3) is 0.423. The SMILES string of the molecule is Cc1ccccc1NC(=O)C(c1ccccc1C)N(C(=O)CNC(=O)OC(C)(C)C)C(C)C. The number of rotatable bonds is 7. The Hall–Kier alpha value is -3.35. The minimum atomic E-state index is -0.876. The van der Waals surface area contributed by atoms with E-state index in [1.165, 1.54) is 4.90 Å². The summed E-state index contributed by atoms with van der Waals surface area (Å²) in [5.74, 6) is -0.707. The minimum absolute atomic E-state index is 0.285. The molecule has 0 radical (unpaired) electrons. The number of anilines is 1. The first-order chi connectivity index (χ1) is 15.4. The first-order valence-electron chi connectivity index (χ1n) is 11.1. The average Bonchev–Trinajstić information content (AvgIpc) is 2.71. The van der Waals surface area contributed by atoms with Gasteiger partial charge in [0.25, 0.3) is 5.91 Å². The van der Waals surface area contributed by atoms with Gasteiger partial charge in [0.15, 0.2) is 0 Å². The van der Waals surface area contributed by atoms with Crippen molar-refractivity contribution in [3.8, 4) is 0 Å². The van der Waals surface area contributed by atoms with Crippen molar-refractivity contribution in [2.75, 3.05) is 11.9 Å². The van der Waals surface area contributed by atoms with E-state index in [2.05, 4.69) is 10.6 Å². The van der Waals surface area contributed by atoms with Gasteiger partial charge in [-0.15, -0.1) is 0 Å². The molecule has 7 nitrogen and oxygen atoms in total. The number of nitrogens with zero attached hydrogens (tertiary/aromatic N) is 1. The standard InChI is InChI=1S/C26H35N3O4/c1-17(2)29(22(30)16-27-25(32)33-26(5,6)7)23(20-14-10-8-12-18(20)3)24(31)28-21-15-11-9-13-19(21)4/h8-15,17,23H,16H2,1-7H3,(H,27,32)(H,28,31). The van der Waals surface area contributed by atoms with E-state index in [1.807, 2.05) is 76.2 Å². The van der Waals surface area contributed by atoms with E-state index in [4.69, 9.17) is 4.74 Å². The maximum atomic E-state index is 13.6. The van der Waals surface area contributed by atoms with Gasteiger partial charge in [0.1, 0.15) is 18.2 Å². The van der Waals surface area contributed by atoms with E-state index in [0.29, 0.717) is 5.69 Å². The van der Waals surface area contributed by atoms with Gasteiger partial charge in [0, 0.05) is 11.7 Å². The molecule has 0 aliphatic rings. The summed E-state index contributed by atoms with van der Waals surface area (Å²) in [7, 11) is 0. The summed E-state index contributed by atoms with van der Waals surface area (Å²) in [5.41, 5.74) is 2.54. The molecule has 0 heterocycles. The molecule has 2 rings (SSSR count). The van der Waals surface area contributed by atoms with Crippen LogP contribution in [0.15, 0.2) is 48.5 Å². The molecule has 178 valence electrons. The van der Waals surface area contributed by atoms with E-state index >= 15 is 0 Å². The number of hydrogen-bond acceptors (Lipinski definition) is 4. The van der Waals surface area contributed by atoms with Crippen LogP contribution in [0.1, 0.15) is 57.4 Å². The number of nitrogens with one attached hydrogen (secondary N) is 2. The van der Waals surface area contributed by atoms with Gasteiger partial charge >= 0.3 is 6.09 Å². The third kappa shape index (κ3) is 7.34. The quantitative estimate of drug-likeness (QED) is 0.634. The number of para-hydroxylation sites is 1. The van der Waals surface area contributed by atoms with Crippen LogP contribution in [-0.2, 0) is 14.3 Å². The second kappa shape index (κ2) is 11.0. The molecular formula is C26H35N3O4. The number of aryl methyl sites for hydroxylation is 2. The van der Waals surface area contributed by atoms with Gasteiger partial charge in [-0.2, -0.15) is 0 Å². The molecule has 33 heavy (non-hydrogen) atoms. The zero-order valence-corrected chi connectivity index (χ0v) is 20.6. The van der Waals surface area contributed by atoms with Gasteiger partial charge in [-0.3, -0.25) is 9.59 Å². The van der Waals surface area contributed by atoms with Gasteiger partial charge in [0.05, 0.1) is 0 Å². The number of ether oxygens (including phenoxy) is 1. The summed E-state index contributed by atoms with van der Waals surface area (Å²) < 4.78 is 5.23. The summed E-state index contributed by atoms with van der Waals surface area (Å²) in [6.07, 6.45) is -0.684. The van der Waals surface area contributed by atoms with Crippen LogP contribution in [-0.4, -0.2) is 41.0 Å². The van der Waals surface area contributed by atoms with Crippen molar-refractivity contribution < 1.29 is 19.1 Å². The minimum Gasteiger partial charge on any atom is -0.444 e. The van der Waals surface area contributed by atoms with E-state index in [1.54, 1.807) is 20.8 Å². The van der Waals surface area contributed by atoms with Crippen LogP contribution in [0, 0.1) is 13.8 Å². The number of carbonyl (C=O) groups excluding carboxylic acids is 3. The molecule has 0 bridgehead atoms. The Balaban J connectivity index is 2.36. The summed E-state index contributed by atoms with van der Waals surface area (Å²) in [4.78, 5) is 40.4. The number of alkyl carbamates (subject to hydrolysis) is 1. The van der Waals surface area contributed by atoms with Gasteiger partial charge < -0.3 is 20.3 Å². The number of carbonyl (C=O) groups is 3. The fourth-order valence-electron chi connectivity index (χ4n) is 3.51. The topological polar surface area (TPSA) is 87.7 Å². The lowest BCUT2D eigenvalue weighted by atomic mass is 9.97. The van der Waals surface area contributed by atoms with Crippen LogP contribution < -0.4 is 10.6 Å². The monoisotopic (exact) mass is 453 g/mol. The second-order valence-electron chi connectivity index (χ2n) is 9.31. The molecule has 2 aromatic carbocycles. The molecule has 0 saturated carbocycles. The molecule has 0 aliphatic heterocycles. The van der Waals surface area contributed by atoms with Crippen molar-refractivity contribution in [3.63, 3.8) is 0 Å². The van der Waals surface area contributed by atoms with Crippen LogP contribution >= 0.6 is 0 Å². The number of hydrogen-bond donors (Lipinski definition) is 2. The molecule has 1 unspecified atom stereocenters. The average molecular weight is 454 g/mol. The lowest BCUT2D eigenvalue weighted by Gasteiger charge is -2.35. The lowest BCUT2D eigenvalue weighted by molar-refractivity contribution is -0.140. The molecule has 0 aliphatic carbocycles. The van der Waals surface area contributed by atoms with Gasteiger partial charge in [-0.1, -0.05) is 42.5 Å². The second-order valence-corrected chi connectivity index (χ2v) is 9.31. The van der Waals surface area contributed by atoms with E-state index < -0.39 is 17.7 Å². The lowest BCUT2D eigenvalue weighted by Crippen LogP contribution is -2.49. The summed E-state index contributed by atoms with van der Waals surface area (Å²) in [6.45, 7) is 12.5. The van der Waals surface area contributed by atoms with Crippen molar-refractivity contribution in [2.24, 2.45) is 0 Å². The van der Waals surface area contributed by atoms with Crippen LogP contribution in [0.25, 0.3) is 0 Å².